The molecule has 228 valence electrons. The number of rotatable bonds is 9. The van der Waals surface area contributed by atoms with Crippen molar-refractivity contribution >= 4 is 17.5 Å². The second kappa shape index (κ2) is 12.4. The zero-order valence-corrected chi connectivity index (χ0v) is 26.5. The summed E-state index contributed by atoms with van der Waals surface area (Å²) in [4.78, 5) is 16.9. The van der Waals surface area contributed by atoms with E-state index in [0.29, 0.717) is 12.5 Å². The molecule has 0 atom stereocenters. The van der Waals surface area contributed by atoms with Crippen molar-refractivity contribution in [1.29, 1.82) is 5.26 Å². The van der Waals surface area contributed by atoms with Gasteiger partial charge in [-0.15, -0.1) is 0 Å². The molecule has 2 aromatic carbocycles. The predicted molar refractivity (Wildman–Crippen MR) is 170 cm³/mol. The zero-order valence-electron chi connectivity index (χ0n) is 26.5. The lowest BCUT2D eigenvalue weighted by Crippen LogP contribution is -2.42. The summed E-state index contributed by atoms with van der Waals surface area (Å²) in [5, 5.41) is 16.8. The molecule has 0 radical (unpaired) electrons. The van der Waals surface area contributed by atoms with Crippen molar-refractivity contribution in [3.63, 3.8) is 0 Å². The maximum absolute atomic E-state index is 12.0. The van der Waals surface area contributed by atoms with E-state index in [1.807, 2.05) is 34.6 Å². The summed E-state index contributed by atoms with van der Waals surface area (Å²) in [7, 11) is 0. The summed E-state index contributed by atoms with van der Waals surface area (Å²) < 4.78 is 10.9. The average Bonchev–Trinajstić information content (AvgIpc) is 3.70. The SMILES string of the molecule is Cc1ccc(-c2c(C)noc2C)cc1N(CC1CCN(CCNC(=O)OC(C)(C)C)CC1)c1ccc(C2(C#N)CC2)cc1. The van der Waals surface area contributed by atoms with E-state index in [1.54, 1.807) is 0 Å². The molecular weight excluding hydrogens is 538 g/mol. The van der Waals surface area contributed by atoms with Crippen molar-refractivity contribution in [2.24, 2.45) is 5.92 Å². The normalized spacial score (nSPS) is 16.9. The molecular formula is C35H45N5O3. The van der Waals surface area contributed by atoms with Crippen LogP contribution in [0.1, 0.15) is 69.0 Å². The lowest BCUT2D eigenvalue weighted by atomic mass is 9.94. The summed E-state index contributed by atoms with van der Waals surface area (Å²) in [5.74, 6) is 1.34. The molecule has 8 heteroatoms. The van der Waals surface area contributed by atoms with Gasteiger partial charge in [0.1, 0.15) is 11.4 Å². The number of alkyl carbamates (subject to hydrolysis) is 1. The van der Waals surface area contributed by atoms with E-state index in [2.05, 4.69) is 75.7 Å². The van der Waals surface area contributed by atoms with E-state index in [1.165, 1.54) is 11.3 Å². The molecule has 8 nitrogen and oxygen atoms in total. The summed E-state index contributed by atoms with van der Waals surface area (Å²) in [6, 6.07) is 17.8. The number of ether oxygens (including phenoxy) is 1. The molecule has 2 aliphatic rings. The number of aryl methyl sites for hydroxylation is 3. The Morgan fingerprint density at radius 2 is 1.84 bits per heavy atom. The smallest absolute Gasteiger partial charge is 0.407 e. The van der Waals surface area contributed by atoms with Gasteiger partial charge >= 0.3 is 6.09 Å². The molecule has 3 aromatic rings. The van der Waals surface area contributed by atoms with Gasteiger partial charge in [0.05, 0.1) is 17.2 Å². The second-order valence-corrected chi connectivity index (χ2v) is 13.3. The number of benzene rings is 2. The standard InChI is InChI=1S/C35H45N5O3/c1-24-7-8-28(32-25(2)38-43-26(32)3)21-31(24)40(30-11-9-29(10-12-30)35(23-36)15-16-35)22-27-13-18-39(19-14-27)20-17-37-33(41)42-34(4,5)6/h7-12,21,27H,13-20,22H2,1-6H3,(H,37,41). The lowest BCUT2D eigenvalue weighted by Gasteiger charge is -2.36. The maximum Gasteiger partial charge on any atom is 0.407 e. The van der Waals surface area contributed by atoms with Gasteiger partial charge in [-0.3, -0.25) is 0 Å². The first-order valence-corrected chi connectivity index (χ1v) is 15.5. The van der Waals surface area contributed by atoms with Crippen molar-refractivity contribution in [2.75, 3.05) is 37.6 Å². The highest BCUT2D eigenvalue weighted by Crippen LogP contribution is 2.48. The first kappa shape index (κ1) is 30.6. The molecule has 1 amide bonds. The number of nitrogens with one attached hydrogen (secondary N) is 1. The number of nitriles is 1. The molecule has 5 rings (SSSR count). The Kier molecular flexibility index (Phi) is 8.84. The highest BCUT2D eigenvalue weighted by atomic mass is 16.6. The third-order valence-corrected chi connectivity index (χ3v) is 8.76. The molecule has 0 bridgehead atoms. The molecule has 0 unspecified atom stereocenters. The largest absolute Gasteiger partial charge is 0.444 e. The highest BCUT2D eigenvalue weighted by molar-refractivity contribution is 5.76. The monoisotopic (exact) mass is 583 g/mol. The van der Waals surface area contributed by atoms with Gasteiger partial charge in [-0.1, -0.05) is 29.4 Å². The third-order valence-electron chi connectivity index (χ3n) is 8.76. The van der Waals surface area contributed by atoms with Crippen LogP contribution in [-0.4, -0.2) is 54.5 Å². The van der Waals surface area contributed by atoms with E-state index in [-0.39, 0.29) is 11.5 Å². The van der Waals surface area contributed by atoms with E-state index < -0.39 is 5.60 Å². The Bertz CT molecular complexity index is 1450. The van der Waals surface area contributed by atoms with Crippen molar-refractivity contribution in [2.45, 2.75) is 78.2 Å². The van der Waals surface area contributed by atoms with E-state index >= 15 is 0 Å². The van der Waals surface area contributed by atoms with Crippen molar-refractivity contribution in [3.8, 4) is 17.2 Å². The molecule has 1 saturated carbocycles. The first-order valence-electron chi connectivity index (χ1n) is 15.5. The van der Waals surface area contributed by atoms with Gasteiger partial charge in [-0.2, -0.15) is 5.26 Å². The third kappa shape index (κ3) is 7.22. The van der Waals surface area contributed by atoms with Crippen LogP contribution in [0.2, 0.25) is 0 Å². The quantitative estimate of drug-likeness (QED) is 0.285. The van der Waals surface area contributed by atoms with Crippen LogP contribution in [0.4, 0.5) is 16.2 Å². The van der Waals surface area contributed by atoms with Crippen LogP contribution in [0, 0.1) is 38.0 Å². The van der Waals surface area contributed by atoms with Crippen molar-refractivity contribution in [3.05, 3.63) is 65.0 Å². The number of likely N-dealkylation sites (tertiary alicyclic amines) is 1. The Labute approximate surface area is 256 Å². The topological polar surface area (TPSA) is 94.6 Å². The van der Waals surface area contributed by atoms with Gasteiger partial charge in [-0.25, -0.2) is 4.79 Å². The van der Waals surface area contributed by atoms with Crippen LogP contribution >= 0.6 is 0 Å². The van der Waals surface area contributed by atoms with Gasteiger partial charge in [0.15, 0.2) is 0 Å². The number of piperidine rings is 1. The number of nitrogens with zero attached hydrogens (tertiary/aromatic N) is 4. The minimum Gasteiger partial charge on any atom is -0.444 e. The molecule has 43 heavy (non-hydrogen) atoms. The predicted octanol–water partition coefficient (Wildman–Crippen LogP) is 7.20. The fraction of sp³-hybridized carbons (Fsp3) is 0.514. The first-order chi connectivity index (χ1) is 20.5. The molecule has 1 aromatic heterocycles. The lowest BCUT2D eigenvalue weighted by molar-refractivity contribution is 0.0519. The van der Waals surface area contributed by atoms with Gasteiger partial charge in [0.2, 0.25) is 0 Å². The molecule has 2 heterocycles. The Balaban J connectivity index is 1.32. The highest BCUT2D eigenvalue weighted by Gasteiger charge is 2.44. The molecule has 1 aliphatic carbocycles. The van der Waals surface area contributed by atoms with Gasteiger partial charge < -0.3 is 24.4 Å². The van der Waals surface area contributed by atoms with Gasteiger partial charge in [0.25, 0.3) is 0 Å². The number of carbonyl (C=O) groups excluding carboxylic acids is 1. The Morgan fingerprint density at radius 1 is 1.14 bits per heavy atom. The Morgan fingerprint density at radius 3 is 2.42 bits per heavy atom. The van der Waals surface area contributed by atoms with Gasteiger partial charge in [0, 0.05) is 36.6 Å². The van der Waals surface area contributed by atoms with Crippen LogP contribution in [0.15, 0.2) is 47.0 Å². The molecule has 0 spiro atoms. The molecule has 2 fully saturated rings. The number of aromatic nitrogens is 1. The average molecular weight is 584 g/mol. The van der Waals surface area contributed by atoms with Gasteiger partial charge in [-0.05, 0) is 121 Å². The van der Waals surface area contributed by atoms with Crippen LogP contribution < -0.4 is 10.2 Å². The zero-order chi connectivity index (χ0) is 30.8. The second-order valence-electron chi connectivity index (χ2n) is 13.3. The minimum atomic E-state index is -0.491. The van der Waals surface area contributed by atoms with Crippen molar-refractivity contribution in [1.82, 2.24) is 15.4 Å². The fourth-order valence-corrected chi connectivity index (χ4v) is 6.13. The van der Waals surface area contributed by atoms with E-state index in [4.69, 9.17) is 9.26 Å². The number of hydrogen-bond acceptors (Lipinski definition) is 7. The van der Waals surface area contributed by atoms with E-state index in [9.17, 15) is 10.1 Å². The Hall–Kier alpha value is -3.83. The van der Waals surface area contributed by atoms with Crippen LogP contribution in [0.5, 0.6) is 0 Å². The molecule has 1 N–H and O–H groups in total. The van der Waals surface area contributed by atoms with Crippen LogP contribution in [0.25, 0.3) is 11.1 Å². The van der Waals surface area contributed by atoms with Crippen molar-refractivity contribution < 1.29 is 14.1 Å². The molecule has 1 aliphatic heterocycles. The molecule has 1 saturated heterocycles. The summed E-state index contributed by atoms with van der Waals surface area (Å²) in [6.07, 6.45) is 3.69. The summed E-state index contributed by atoms with van der Waals surface area (Å²) in [5.41, 5.74) is 6.90. The number of carbonyl (C=O) groups is 1. The van der Waals surface area contributed by atoms with Crippen LogP contribution in [-0.2, 0) is 10.2 Å². The number of hydrogen-bond donors (Lipinski definition) is 1. The number of anilines is 2. The fourth-order valence-electron chi connectivity index (χ4n) is 6.13. The maximum atomic E-state index is 12.0. The van der Waals surface area contributed by atoms with E-state index in [0.717, 1.165) is 85.7 Å². The minimum absolute atomic E-state index is 0.298. The van der Waals surface area contributed by atoms with Crippen LogP contribution in [0.3, 0.4) is 0 Å². The summed E-state index contributed by atoms with van der Waals surface area (Å²) in [6.45, 7) is 16.0. The summed E-state index contributed by atoms with van der Waals surface area (Å²) >= 11 is 0. The number of amides is 1.